The minimum atomic E-state index is -4.78. The molecule has 2 aromatic carbocycles. The number of nitrogens with zero attached hydrogens (tertiary/aromatic N) is 1. The molecule has 1 amide bonds. The van der Waals surface area contributed by atoms with Crippen LogP contribution in [0.15, 0.2) is 42.5 Å². The largest absolute Gasteiger partial charge is 0.478 e. The highest BCUT2D eigenvalue weighted by molar-refractivity contribution is 5.87. The number of alkyl halides is 3. The fourth-order valence-electron chi connectivity index (χ4n) is 4.46. The van der Waals surface area contributed by atoms with Crippen molar-refractivity contribution in [3.63, 3.8) is 0 Å². The molecule has 0 radical (unpaired) electrons. The van der Waals surface area contributed by atoms with Gasteiger partial charge in [0.1, 0.15) is 5.82 Å². The highest BCUT2D eigenvalue weighted by atomic mass is 19.4. The van der Waals surface area contributed by atoms with Crippen LogP contribution in [0.3, 0.4) is 0 Å². The number of nitrogens with one attached hydrogen (secondary N) is 1. The Morgan fingerprint density at radius 3 is 2.39 bits per heavy atom. The van der Waals surface area contributed by atoms with E-state index in [4.69, 9.17) is 5.11 Å². The second-order valence-corrected chi connectivity index (χ2v) is 8.75. The number of carbonyl (C=O) groups is 2. The summed E-state index contributed by atoms with van der Waals surface area (Å²) in [5.41, 5.74) is -0.557. The molecule has 1 saturated heterocycles. The molecule has 0 bridgehead atoms. The normalized spacial score (nSPS) is 20.3. The van der Waals surface area contributed by atoms with Crippen molar-refractivity contribution in [1.82, 2.24) is 10.2 Å². The summed E-state index contributed by atoms with van der Waals surface area (Å²) in [4.78, 5) is 26.1. The van der Waals surface area contributed by atoms with Gasteiger partial charge in [-0.1, -0.05) is 24.6 Å². The van der Waals surface area contributed by atoms with Gasteiger partial charge in [-0.05, 0) is 67.6 Å². The number of likely N-dealkylation sites (tertiary alicyclic amines) is 1. The molecular formula is C24H24F4N2O3. The third-order valence-electron chi connectivity index (χ3n) is 6.44. The summed E-state index contributed by atoms with van der Waals surface area (Å²) < 4.78 is 52.9. The van der Waals surface area contributed by atoms with Crippen molar-refractivity contribution >= 4 is 11.9 Å². The Bertz CT molecular complexity index is 1050. The summed E-state index contributed by atoms with van der Waals surface area (Å²) >= 11 is 0. The van der Waals surface area contributed by atoms with Gasteiger partial charge in [0, 0.05) is 6.54 Å². The van der Waals surface area contributed by atoms with Gasteiger partial charge in [0.25, 0.3) is 0 Å². The fourth-order valence-corrected chi connectivity index (χ4v) is 4.46. The molecule has 33 heavy (non-hydrogen) atoms. The van der Waals surface area contributed by atoms with E-state index >= 15 is 0 Å². The summed E-state index contributed by atoms with van der Waals surface area (Å²) in [6.07, 6.45) is -1.11. The summed E-state index contributed by atoms with van der Waals surface area (Å²) in [5.74, 6) is -2.54. The quantitative estimate of drug-likeness (QED) is 0.608. The van der Waals surface area contributed by atoms with Gasteiger partial charge >= 0.3 is 12.1 Å². The third-order valence-corrected chi connectivity index (χ3v) is 6.44. The molecule has 1 saturated carbocycles. The molecule has 0 unspecified atom stereocenters. The van der Waals surface area contributed by atoms with Crippen LogP contribution in [0.25, 0.3) is 0 Å². The average Bonchev–Trinajstić information content (AvgIpc) is 3.55. The molecule has 2 aliphatic rings. The first-order valence-electron chi connectivity index (χ1n) is 10.8. The van der Waals surface area contributed by atoms with E-state index in [0.29, 0.717) is 18.5 Å². The highest BCUT2D eigenvalue weighted by Gasteiger charge is 2.47. The van der Waals surface area contributed by atoms with Crippen molar-refractivity contribution < 1.29 is 32.3 Å². The average molecular weight is 464 g/mol. The van der Waals surface area contributed by atoms with E-state index in [9.17, 15) is 27.2 Å². The Hall–Kier alpha value is -2.94. The van der Waals surface area contributed by atoms with Crippen molar-refractivity contribution in [2.45, 2.75) is 56.4 Å². The number of piperidine rings is 1. The molecule has 0 spiro atoms. The molecule has 2 N–H and O–H groups in total. The number of halogens is 4. The fraction of sp³-hybridized carbons (Fsp3) is 0.417. The summed E-state index contributed by atoms with van der Waals surface area (Å²) in [6, 6.07) is 8.85. The van der Waals surface area contributed by atoms with E-state index < -0.39 is 35.1 Å². The molecule has 1 heterocycles. The van der Waals surface area contributed by atoms with Crippen LogP contribution in [0, 0.1) is 5.82 Å². The van der Waals surface area contributed by atoms with Crippen molar-refractivity contribution in [3.05, 3.63) is 70.5 Å². The molecule has 176 valence electrons. The Labute approximate surface area is 188 Å². The Kier molecular flexibility index (Phi) is 6.18. The lowest BCUT2D eigenvalue weighted by Crippen LogP contribution is -2.51. The number of hydrogen-bond donors (Lipinski definition) is 2. The summed E-state index contributed by atoms with van der Waals surface area (Å²) in [6.45, 7) is 0.666. The first-order valence-corrected chi connectivity index (χ1v) is 10.8. The molecule has 1 aliphatic heterocycles. The number of hydrogen-bond acceptors (Lipinski definition) is 3. The molecule has 2 fully saturated rings. The zero-order valence-electron chi connectivity index (χ0n) is 17.8. The minimum absolute atomic E-state index is 0.113. The van der Waals surface area contributed by atoms with E-state index in [0.717, 1.165) is 43.4 Å². The van der Waals surface area contributed by atoms with Crippen molar-refractivity contribution in [1.29, 1.82) is 0 Å². The van der Waals surface area contributed by atoms with Gasteiger partial charge in [0.05, 0.1) is 22.7 Å². The van der Waals surface area contributed by atoms with Gasteiger partial charge in [0.2, 0.25) is 5.91 Å². The van der Waals surface area contributed by atoms with Crippen molar-refractivity contribution in [3.8, 4) is 0 Å². The number of carbonyl (C=O) groups excluding carboxylic acids is 1. The minimum Gasteiger partial charge on any atom is -0.478 e. The van der Waals surface area contributed by atoms with E-state index in [1.54, 1.807) is 12.1 Å². The number of aromatic carboxylic acids is 1. The zero-order valence-corrected chi connectivity index (χ0v) is 17.8. The summed E-state index contributed by atoms with van der Waals surface area (Å²) in [5, 5.41) is 12.2. The maximum Gasteiger partial charge on any atom is 0.419 e. The van der Waals surface area contributed by atoms with Crippen LogP contribution in [-0.2, 0) is 23.1 Å². The topological polar surface area (TPSA) is 69.6 Å². The first-order chi connectivity index (χ1) is 15.6. The van der Waals surface area contributed by atoms with E-state index in [2.05, 4.69) is 5.32 Å². The lowest BCUT2D eigenvalue weighted by molar-refractivity contribution is -0.140. The van der Waals surface area contributed by atoms with Crippen LogP contribution in [0.5, 0.6) is 0 Å². The molecule has 1 atom stereocenters. The summed E-state index contributed by atoms with van der Waals surface area (Å²) in [7, 11) is 0. The lowest BCUT2D eigenvalue weighted by Gasteiger charge is -2.36. The monoisotopic (exact) mass is 464 g/mol. The lowest BCUT2D eigenvalue weighted by atomic mass is 9.98. The Morgan fingerprint density at radius 2 is 1.79 bits per heavy atom. The Morgan fingerprint density at radius 1 is 1.09 bits per heavy atom. The number of amides is 1. The highest BCUT2D eigenvalue weighted by Crippen LogP contribution is 2.46. The van der Waals surface area contributed by atoms with Crippen LogP contribution in [-0.4, -0.2) is 34.5 Å². The van der Waals surface area contributed by atoms with Crippen LogP contribution in [0.2, 0.25) is 0 Å². The molecular weight excluding hydrogens is 440 g/mol. The van der Waals surface area contributed by atoms with Gasteiger partial charge in [-0.3, -0.25) is 9.69 Å². The van der Waals surface area contributed by atoms with Crippen LogP contribution >= 0.6 is 0 Å². The molecule has 0 aromatic heterocycles. The number of carboxylic acid groups (broad SMARTS) is 1. The molecule has 2 aromatic rings. The van der Waals surface area contributed by atoms with Gasteiger partial charge in [-0.2, -0.15) is 13.2 Å². The Balaban J connectivity index is 1.48. The maximum atomic E-state index is 13.6. The molecule has 1 aliphatic carbocycles. The zero-order chi connectivity index (χ0) is 23.8. The van der Waals surface area contributed by atoms with Crippen LogP contribution in [0.1, 0.15) is 59.2 Å². The van der Waals surface area contributed by atoms with Gasteiger partial charge < -0.3 is 10.4 Å². The molecule has 9 heteroatoms. The van der Waals surface area contributed by atoms with Crippen LogP contribution in [0.4, 0.5) is 17.6 Å². The predicted molar refractivity (Wildman–Crippen MR) is 112 cm³/mol. The SMILES string of the molecule is O=C(O)c1ccc(C2(NC(=O)[C@H]3CCCCN3Cc3ccc(F)c(C(F)(F)F)c3)CC2)cc1. The van der Waals surface area contributed by atoms with E-state index in [1.807, 2.05) is 4.90 Å². The number of rotatable bonds is 6. The van der Waals surface area contributed by atoms with Crippen molar-refractivity contribution in [2.75, 3.05) is 6.54 Å². The van der Waals surface area contributed by atoms with Gasteiger partial charge in [0.15, 0.2) is 0 Å². The standard InChI is InChI=1S/C24H24F4N2O3/c25-19-9-4-15(13-18(19)24(26,27)28)14-30-12-2-1-3-20(30)21(31)29-23(10-11-23)17-7-5-16(6-8-17)22(32)33/h4-9,13,20H,1-3,10-12,14H2,(H,29,31)(H,32,33)/t20-/m1/s1. The number of carboxylic acids is 1. The molecule has 5 nitrogen and oxygen atoms in total. The smallest absolute Gasteiger partial charge is 0.419 e. The van der Waals surface area contributed by atoms with E-state index in [-0.39, 0.29) is 18.0 Å². The second-order valence-electron chi connectivity index (χ2n) is 8.75. The third kappa shape index (κ3) is 5.03. The second kappa shape index (κ2) is 8.78. The van der Waals surface area contributed by atoms with Crippen LogP contribution < -0.4 is 5.32 Å². The first kappa shape index (κ1) is 23.2. The molecule has 4 rings (SSSR count). The van der Waals surface area contributed by atoms with Gasteiger partial charge in [-0.15, -0.1) is 0 Å². The maximum absolute atomic E-state index is 13.6. The van der Waals surface area contributed by atoms with Gasteiger partial charge in [-0.25, -0.2) is 9.18 Å². The number of benzene rings is 2. The predicted octanol–water partition coefficient (Wildman–Crippen LogP) is 4.70. The van der Waals surface area contributed by atoms with E-state index in [1.165, 1.54) is 18.2 Å². The van der Waals surface area contributed by atoms with Crippen molar-refractivity contribution in [2.24, 2.45) is 0 Å².